The van der Waals surface area contributed by atoms with Crippen LogP contribution < -0.4 is 15.2 Å². The number of aryl methyl sites for hydroxylation is 1. The fourth-order valence-electron chi connectivity index (χ4n) is 5.02. The smallest absolute Gasteiger partial charge is 0.253 e. The first-order valence-electron chi connectivity index (χ1n) is 12.9. The molecule has 2 aromatic heterocycles. The molecule has 0 bridgehead atoms. The van der Waals surface area contributed by atoms with Gasteiger partial charge in [-0.15, -0.1) is 5.10 Å². The molecule has 0 aliphatic carbocycles. The summed E-state index contributed by atoms with van der Waals surface area (Å²) in [6.45, 7) is 11.6. The fraction of sp³-hybridized carbons (Fsp3) is 0.429. The van der Waals surface area contributed by atoms with Gasteiger partial charge in [-0.3, -0.25) is 9.69 Å². The Morgan fingerprint density at radius 1 is 1.05 bits per heavy atom. The number of aromatic nitrogens is 5. The molecule has 4 aromatic rings. The zero-order chi connectivity index (χ0) is 26.2. The SMILES string of the molecule is CCC(C)(C)n1nnnc1C(c1cc2cc(C)ccc2[nH]c1=O)N1CCN(c2ccc(OC)cc2)CC1. The number of nitrogens with one attached hydrogen (secondary N) is 1. The molecule has 1 fully saturated rings. The molecule has 0 amide bonds. The van der Waals surface area contributed by atoms with Gasteiger partial charge >= 0.3 is 0 Å². The molecule has 0 radical (unpaired) electrons. The number of H-pyrrole nitrogens is 1. The lowest BCUT2D eigenvalue weighted by Crippen LogP contribution is -2.49. The second kappa shape index (κ2) is 9.97. The molecule has 1 saturated heterocycles. The Balaban J connectivity index is 1.54. The third-order valence-corrected chi connectivity index (χ3v) is 7.62. The summed E-state index contributed by atoms with van der Waals surface area (Å²) in [4.78, 5) is 21.3. The first kappa shape index (κ1) is 25.0. The first-order valence-corrected chi connectivity index (χ1v) is 12.9. The fourth-order valence-corrected chi connectivity index (χ4v) is 5.02. The lowest BCUT2D eigenvalue weighted by Gasteiger charge is -2.40. The average Bonchev–Trinajstić information content (AvgIpc) is 3.40. The lowest BCUT2D eigenvalue weighted by molar-refractivity contribution is 0.186. The van der Waals surface area contributed by atoms with Crippen LogP contribution in [0.5, 0.6) is 5.75 Å². The Kier molecular flexibility index (Phi) is 6.72. The molecular weight excluding hydrogens is 466 g/mol. The van der Waals surface area contributed by atoms with Crippen LogP contribution >= 0.6 is 0 Å². The third kappa shape index (κ3) is 4.83. The van der Waals surface area contributed by atoms with Crippen molar-refractivity contribution in [3.8, 4) is 5.75 Å². The lowest BCUT2D eigenvalue weighted by atomic mass is 9.98. The molecule has 5 rings (SSSR count). The van der Waals surface area contributed by atoms with Crippen molar-refractivity contribution in [2.45, 2.75) is 45.7 Å². The predicted molar refractivity (Wildman–Crippen MR) is 145 cm³/mol. The largest absolute Gasteiger partial charge is 0.497 e. The summed E-state index contributed by atoms with van der Waals surface area (Å²) >= 11 is 0. The van der Waals surface area contributed by atoms with Crippen LogP contribution in [0.15, 0.2) is 53.3 Å². The number of ether oxygens (including phenoxy) is 1. The Bertz CT molecular complexity index is 1430. The average molecular weight is 502 g/mol. The monoisotopic (exact) mass is 501 g/mol. The number of anilines is 1. The summed E-state index contributed by atoms with van der Waals surface area (Å²) in [6, 6.07) is 15.9. The third-order valence-electron chi connectivity index (χ3n) is 7.62. The van der Waals surface area contributed by atoms with Gasteiger partial charge in [-0.25, -0.2) is 4.68 Å². The number of piperazine rings is 1. The van der Waals surface area contributed by atoms with Gasteiger partial charge in [-0.05, 0) is 85.5 Å². The van der Waals surface area contributed by atoms with E-state index in [1.165, 1.54) is 0 Å². The van der Waals surface area contributed by atoms with E-state index < -0.39 is 0 Å². The van der Waals surface area contributed by atoms with Crippen molar-refractivity contribution in [3.05, 3.63) is 75.8 Å². The second-order valence-electron chi connectivity index (χ2n) is 10.4. The van der Waals surface area contributed by atoms with Gasteiger partial charge in [0.1, 0.15) is 11.8 Å². The highest BCUT2D eigenvalue weighted by Gasteiger charge is 2.35. The highest BCUT2D eigenvalue weighted by atomic mass is 16.5. The number of rotatable bonds is 7. The number of hydrogen-bond donors (Lipinski definition) is 1. The van der Waals surface area contributed by atoms with Crippen molar-refractivity contribution in [2.24, 2.45) is 0 Å². The minimum atomic E-state index is -0.368. The van der Waals surface area contributed by atoms with Gasteiger partial charge in [0, 0.05) is 42.9 Å². The number of tetrazole rings is 1. The van der Waals surface area contributed by atoms with Gasteiger partial charge < -0.3 is 14.6 Å². The summed E-state index contributed by atoms with van der Waals surface area (Å²) in [5.74, 6) is 1.54. The molecule has 0 saturated carbocycles. The topological polar surface area (TPSA) is 92.2 Å². The van der Waals surface area contributed by atoms with E-state index in [0.717, 1.165) is 60.5 Å². The molecule has 1 aliphatic rings. The summed E-state index contributed by atoms with van der Waals surface area (Å²) in [5, 5.41) is 13.9. The summed E-state index contributed by atoms with van der Waals surface area (Å²) in [7, 11) is 1.68. The second-order valence-corrected chi connectivity index (χ2v) is 10.4. The number of aromatic amines is 1. The molecule has 3 heterocycles. The quantitative estimate of drug-likeness (QED) is 0.411. The van der Waals surface area contributed by atoms with Crippen molar-refractivity contribution < 1.29 is 4.74 Å². The molecule has 1 atom stereocenters. The highest BCUT2D eigenvalue weighted by Crippen LogP contribution is 2.32. The van der Waals surface area contributed by atoms with Crippen LogP contribution in [0.3, 0.4) is 0 Å². The molecular formula is C28H35N7O2. The van der Waals surface area contributed by atoms with Crippen molar-refractivity contribution in [1.82, 2.24) is 30.1 Å². The normalized spacial score (nSPS) is 15.8. The molecule has 0 spiro atoms. The molecule has 9 heteroatoms. The Morgan fingerprint density at radius 3 is 2.46 bits per heavy atom. The maximum Gasteiger partial charge on any atom is 0.253 e. The van der Waals surface area contributed by atoms with E-state index in [9.17, 15) is 4.79 Å². The molecule has 9 nitrogen and oxygen atoms in total. The van der Waals surface area contributed by atoms with Crippen molar-refractivity contribution in [1.29, 1.82) is 0 Å². The Morgan fingerprint density at radius 2 is 1.78 bits per heavy atom. The summed E-state index contributed by atoms with van der Waals surface area (Å²) in [5.41, 5.74) is 3.40. The van der Waals surface area contributed by atoms with Crippen LogP contribution in [0, 0.1) is 6.92 Å². The minimum Gasteiger partial charge on any atom is -0.497 e. The molecule has 37 heavy (non-hydrogen) atoms. The Hall–Kier alpha value is -3.72. The van der Waals surface area contributed by atoms with E-state index in [0.29, 0.717) is 11.4 Å². The summed E-state index contributed by atoms with van der Waals surface area (Å²) in [6.07, 6.45) is 0.857. The van der Waals surface area contributed by atoms with E-state index in [-0.39, 0.29) is 17.1 Å². The van der Waals surface area contributed by atoms with Crippen LogP contribution in [0.1, 0.15) is 50.2 Å². The minimum absolute atomic E-state index is 0.109. The zero-order valence-corrected chi connectivity index (χ0v) is 22.2. The predicted octanol–water partition coefficient (Wildman–Crippen LogP) is 3.89. The van der Waals surface area contributed by atoms with E-state index >= 15 is 0 Å². The van der Waals surface area contributed by atoms with Gasteiger partial charge in [-0.1, -0.05) is 18.6 Å². The van der Waals surface area contributed by atoms with E-state index in [2.05, 4.69) is 76.2 Å². The van der Waals surface area contributed by atoms with Crippen LogP contribution in [0.25, 0.3) is 10.9 Å². The number of benzene rings is 2. The Labute approximate surface area is 217 Å². The molecule has 2 aromatic carbocycles. The number of pyridine rings is 1. The number of nitrogens with zero attached hydrogens (tertiary/aromatic N) is 6. The van der Waals surface area contributed by atoms with E-state index in [4.69, 9.17) is 4.74 Å². The van der Waals surface area contributed by atoms with Crippen molar-refractivity contribution >= 4 is 16.6 Å². The van der Waals surface area contributed by atoms with Crippen LogP contribution in [-0.2, 0) is 5.54 Å². The van der Waals surface area contributed by atoms with Gasteiger partial charge in [0.05, 0.1) is 12.6 Å². The van der Waals surface area contributed by atoms with E-state index in [1.54, 1.807) is 7.11 Å². The van der Waals surface area contributed by atoms with Crippen molar-refractivity contribution in [2.75, 3.05) is 38.2 Å². The van der Waals surface area contributed by atoms with Gasteiger partial charge in [-0.2, -0.15) is 0 Å². The summed E-state index contributed by atoms with van der Waals surface area (Å²) < 4.78 is 7.21. The first-order chi connectivity index (χ1) is 17.8. The maximum atomic E-state index is 13.5. The standard InChI is InChI=1S/C28H35N7O2/c1-6-28(3,4)35-26(30-31-32-35)25(23-18-20-17-19(2)7-12-24(20)29-27(23)36)34-15-13-33(14-16-34)21-8-10-22(37-5)11-9-21/h7-12,17-18,25H,6,13-16H2,1-5H3,(H,29,36). The number of hydrogen-bond acceptors (Lipinski definition) is 7. The van der Waals surface area contributed by atoms with Crippen molar-refractivity contribution in [3.63, 3.8) is 0 Å². The van der Waals surface area contributed by atoms with Crippen LogP contribution in [0.2, 0.25) is 0 Å². The van der Waals surface area contributed by atoms with Gasteiger partial charge in [0.15, 0.2) is 5.82 Å². The van der Waals surface area contributed by atoms with Crippen LogP contribution in [-0.4, -0.2) is 63.4 Å². The molecule has 1 N–H and O–H groups in total. The van der Waals surface area contributed by atoms with Gasteiger partial charge in [0.2, 0.25) is 0 Å². The highest BCUT2D eigenvalue weighted by molar-refractivity contribution is 5.79. The number of fused-ring (bicyclic) bond motifs is 1. The molecule has 194 valence electrons. The maximum absolute atomic E-state index is 13.5. The molecule has 1 unspecified atom stereocenters. The zero-order valence-electron chi connectivity index (χ0n) is 22.2. The van der Waals surface area contributed by atoms with Crippen LogP contribution in [0.4, 0.5) is 5.69 Å². The molecule has 1 aliphatic heterocycles. The van der Waals surface area contributed by atoms with E-state index in [1.807, 2.05) is 35.0 Å². The number of methoxy groups -OCH3 is 1. The van der Waals surface area contributed by atoms with Gasteiger partial charge in [0.25, 0.3) is 5.56 Å².